The Labute approximate surface area is 120 Å². The summed E-state index contributed by atoms with van der Waals surface area (Å²) in [7, 11) is 1.35. The Morgan fingerprint density at radius 1 is 1.25 bits per heavy atom. The fraction of sp³-hybridized carbons (Fsp3) is 0.385. The van der Waals surface area contributed by atoms with Gasteiger partial charge in [0.15, 0.2) is 0 Å². The van der Waals surface area contributed by atoms with Crippen molar-refractivity contribution in [1.82, 2.24) is 0 Å². The number of amides is 1. The number of carbonyl (C=O) groups is 2. The van der Waals surface area contributed by atoms with Crippen molar-refractivity contribution in [3.8, 4) is 0 Å². The smallest absolute Gasteiger partial charge is 0.299 e. The Bertz CT molecular complexity index is 709. The predicted octanol–water partition coefficient (Wildman–Crippen LogP) is 1.94. The quantitative estimate of drug-likeness (QED) is 0.631. The Hall–Kier alpha value is -1.40. The number of nitrogens with zero attached hydrogens (tertiary/aromatic N) is 1. The minimum absolute atomic E-state index is 0.121. The van der Waals surface area contributed by atoms with Crippen LogP contribution in [0, 0.1) is 5.92 Å². The molecule has 0 saturated heterocycles. The number of Topliss-reactive ketones (excluding diaryl/α,β-unsaturated/α-hetero) is 1. The molecule has 7 heteroatoms. The third-order valence-electron chi connectivity index (χ3n) is 3.89. The van der Waals surface area contributed by atoms with Crippen LogP contribution in [0.5, 0.6) is 0 Å². The number of ketones is 1. The molecule has 1 fully saturated rings. The maximum atomic E-state index is 12.0. The van der Waals surface area contributed by atoms with E-state index in [1.54, 1.807) is 0 Å². The Morgan fingerprint density at radius 3 is 2.50 bits per heavy atom. The van der Waals surface area contributed by atoms with Crippen LogP contribution in [0.1, 0.15) is 29.6 Å². The third-order valence-corrected chi connectivity index (χ3v) is 5.24. The van der Waals surface area contributed by atoms with E-state index in [1.165, 1.54) is 23.1 Å². The topological polar surface area (TPSA) is 71.5 Å². The first-order valence-electron chi connectivity index (χ1n) is 6.33. The fourth-order valence-electron chi connectivity index (χ4n) is 2.55. The number of halogens is 1. The van der Waals surface area contributed by atoms with Crippen molar-refractivity contribution in [3.63, 3.8) is 0 Å². The van der Waals surface area contributed by atoms with Gasteiger partial charge in [0, 0.05) is 17.2 Å². The monoisotopic (exact) mass is 313 g/mol. The van der Waals surface area contributed by atoms with Crippen LogP contribution in [0.4, 0.5) is 5.69 Å². The Kier molecular flexibility index (Phi) is 3.10. The van der Waals surface area contributed by atoms with Gasteiger partial charge in [-0.15, -0.1) is 0 Å². The van der Waals surface area contributed by atoms with E-state index in [9.17, 15) is 18.0 Å². The van der Waals surface area contributed by atoms with Gasteiger partial charge in [-0.25, -0.2) is 8.42 Å². The Morgan fingerprint density at radius 2 is 1.95 bits per heavy atom. The zero-order valence-electron chi connectivity index (χ0n) is 10.5. The zero-order chi connectivity index (χ0) is 14.5. The van der Waals surface area contributed by atoms with Crippen LogP contribution in [-0.2, 0) is 13.8 Å². The lowest BCUT2D eigenvalue weighted by atomic mass is 9.85. The molecule has 5 nitrogen and oxygen atoms in total. The second-order valence-electron chi connectivity index (χ2n) is 5.16. The van der Waals surface area contributed by atoms with Crippen molar-refractivity contribution >= 4 is 37.1 Å². The van der Waals surface area contributed by atoms with Crippen molar-refractivity contribution in [2.24, 2.45) is 5.92 Å². The van der Waals surface area contributed by atoms with E-state index in [-0.39, 0.29) is 10.5 Å². The molecular weight excluding hydrogens is 302 g/mol. The number of fused-ring (bicyclic) bond motifs is 1. The van der Waals surface area contributed by atoms with Gasteiger partial charge in [-0.1, -0.05) is 6.42 Å². The van der Waals surface area contributed by atoms with Crippen molar-refractivity contribution in [2.75, 3.05) is 11.4 Å². The normalized spacial score (nSPS) is 19.1. The lowest BCUT2D eigenvalue weighted by molar-refractivity contribution is -0.114. The first-order chi connectivity index (χ1) is 9.38. The molecule has 0 bridgehead atoms. The SMILES string of the molecule is O=C1C(=O)N(CC2CCC2)c2ccc(S(=O)(=O)Cl)cc21. The summed E-state index contributed by atoms with van der Waals surface area (Å²) in [5, 5.41) is 0. The van der Waals surface area contributed by atoms with Crippen LogP contribution >= 0.6 is 10.7 Å². The summed E-state index contributed by atoms with van der Waals surface area (Å²) >= 11 is 0. The zero-order valence-corrected chi connectivity index (χ0v) is 12.1. The third kappa shape index (κ3) is 2.13. The summed E-state index contributed by atoms with van der Waals surface area (Å²) in [4.78, 5) is 25.2. The summed E-state index contributed by atoms with van der Waals surface area (Å²) in [6.07, 6.45) is 3.26. The van der Waals surface area contributed by atoms with Gasteiger partial charge in [0.05, 0.1) is 16.1 Å². The van der Waals surface area contributed by atoms with Crippen LogP contribution in [0.15, 0.2) is 23.1 Å². The van der Waals surface area contributed by atoms with E-state index in [2.05, 4.69) is 0 Å². The minimum atomic E-state index is -3.91. The molecule has 0 spiro atoms. The first-order valence-corrected chi connectivity index (χ1v) is 8.64. The van der Waals surface area contributed by atoms with Gasteiger partial charge in [-0.2, -0.15) is 0 Å². The van der Waals surface area contributed by atoms with Crippen LogP contribution in [0.25, 0.3) is 0 Å². The second kappa shape index (κ2) is 4.56. The minimum Gasteiger partial charge on any atom is -0.304 e. The van der Waals surface area contributed by atoms with Crippen LogP contribution < -0.4 is 4.90 Å². The van der Waals surface area contributed by atoms with Gasteiger partial charge in [0.1, 0.15) is 0 Å². The predicted molar refractivity (Wildman–Crippen MR) is 73.5 cm³/mol. The molecule has 0 atom stereocenters. The molecule has 3 rings (SSSR count). The highest BCUT2D eigenvalue weighted by Gasteiger charge is 2.38. The summed E-state index contributed by atoms with van der Waals surface area (Å²) in [5.74, 6) is -0.827. The average Bonchev–Trinajstić information content (AvgIpc) is 2.56. The lowest BCUT2D eigenvalue weighted by Gasteiger charge is -2.29. The maximum absolute atomic E-state index is 12.0. The van der Waals surface area contributed by atoms with E-state index in [0.717, 1.165) is 19.3 Å². The van der Waals surface area contributed by atoms with E-state index >= 15 is 0 Å². The summed E-state index contributed by atoms with van der Waals surface area (Å²) < 4.78 is 22.6. The number of anilines is 1. The molecule has 20 heavy (non-hydrogen) atoms. The molecule has 1 amide bonds. The van der Waals surface area contributed by atoms with Crippen LogP contribution in [0.3, 0.4) is 0 Å². The van der Waals surface area contributed by atoms with E-state index in [4.69, 9.17) is 10.7 Å². The molecule has 1 heterocycles. The van der Waals surface area contributed by atoms with Gasteiger partial charge >= 0.3 is 0 Å². The molecular formula is C13H12ClNO4S. The fourth-order valence-corrected chi connectivity index (χ4v) is 3.32. The molecule has 1 saturated carbocycles. The number of carbonyl (C=O) groups excluding carboxylic acids is 2. The summed E-state index contributed by atoms with van der Waals surface area (Å²) in [5.41, 5.74) is 0.604. The van der Waals surface area contributed by atoms with Gasteiger partial charge in [0.25, 0.3) is 20.7 Å². The highest BCUT2D eigenvalue weighted by molar-refractivity contribution is 8.13. The maximum Gasteiger partial charge on any atom is 0.299 e. The van der Waals surface area contributed by atoms with E-state index in [0.29, 0.717) is 18.2 Å². The van der Waals surface area contributed by atoms with E-state index in [1.807, 2.05) is 0 Å². The lowest BCUT2D eigenvalue weighted by Crippen LogP contribution is -2.36. The molecule has 1 aromatic carbocycles. The Balaban J connectivity index is 2.00. The van der Waals surface area contributed by atoms with Crippen molar-refractivity contribution in [3.05, 3.63) is 23.8 Å². The van der Waals surface area contributed by atoms with Crippen molar-refractivity contribution in [2.45, 2.75) is 24.2 Å². The van der Waals surface area contributed by atoms with Gasteiger partial charge in [0.2, 0.25) is 0 Å². The highest BCUT2D eigenvalue weighted by atomic mass is 35.7. The summed E-state index contributed by atoms with van der Waals surface area (Å²) in [6, 6.07) is 3.98. The molecule has 0 radical (unpaired) electrons. The largest absolute Gasteiger partial charge is 0.304 e. The highest BCUT2D eigenvalue weighted by Crippen LogP contribution is 2.35. The molecule has 1 aliphatic heterocycles. The standard InChI is InChI=1S/C13H12ClNO4S/c14-20(18,19)9-4-5-11-10(6-9)12(16)13(17)15(11)7-8-2-1-3-8/h4-6,8H,1-3,7H2. The van der Waals surface area contributed by atoms with Gasteiger partial charge in [-0.3, -0.25) is 9.59 Å². The molecule has 0 unspecified atom stereocenters. The van der Waals surface area contributed by atoms with Crippen molar-refractivity contribution < 1.29 is 18.0 Å². The molecule has 106 valence electrons. The van der Waals surface area contributed by atoms with Crippen molar-refractivity contribution in [1.29, 1.82) is 0 Å². The van der Waals surface area contributed by atoms with Crippen LogP contribution in [-0.4, -0.2) is 26.7 Å². The van der Waals surface area contributed by atoms with E-state index < -0.39 is 20.7 Å². The summed E-state index contributed by atoms with van der Waals surface area (Å²) in [6.45, 7) is 0.518. The second-order valence-corrected chi connectivity index (χ2v) is 7.72. The van der Waals surface area contributed by atoms with Crippen LogP contribution in [0.2, 0.25) is 0 Å². The molecule has 0 N–H and O–H groups in total. The number of hydrogen-bond donors (Lipinski definition) is 0. The van der Waals surface area contributed by atoms with Gasteiger partial charge in [-0.05, 0) is 37.0 Å². The average molecular weight is 314 g/mol. The molecule has 1 aliphatic carbocycles. The molecule has 2 aliphatic rings. The first kappa shape index (κ1) is 13.6. The number of rotatable bonds is 3. The molecule has 0 aromatic heterocycles. The molecule has 1 aromatic rings. The number of hydrogen-bond acceptors (Lipinski definition) is 4. The van der Waals surface area contributed by atoms with Gasteiger partial charge < -0.3 is 4.90 Å². The number of benzene rings is 1.